The number of hydrogen-bond acceptors (Lipinski definition) is 6. The molecule has 0 unspecified atom stereocenters. The molecule has 0 aliphatic heterocycles. The molecular formula is C18H22N4O2. The third-order valence-corrected chi connectivity index (χ3v) is 4.92. The van der Waals surface area contributed by atoms with Crippen LogP contribution in [-0.4, -0.2) is 11.6 Å². The molecule has 0 spiro atoms. The van der Waals surface area contributed by atoms with Crippen molar-refractivity contribution in [2.75, 3.05) is 0 Å². The SMILES string of the molecule is CC(=O)C(CCC#N)(CCC#N)C(CCC#N)(CCC#N)C(C)=O. The third-order valence-electron chi connectivity index (χ3n) is 4.92. The molecule has 0 heterocycles. The summed E-state index contributed by atoms with van der Waals surface area (Å²) in [5.74, 6) is -0.529. The van der Waals surface area contributed by atoms with E-state index < -0.39 is 10.8 Å². The molecule has 0 radical (unpaired) electrons. The third kappa shape index (κ3) is 4.41. The van der Waals surface area contributed by atoms with Gasteiger partial charge >= 0.3 is 0 Å². The standard InChI is InChI=1S/C18H22N4O2/c1-15(23)17(7-3-11-19,8-4-12-20)18(16(2)24,9-5-13-21)10-6-14-22/h3-10H2,1-2H3. The van der Waals surface area contributed by atoms with E-state index in [0.717, 1.165) is 0 Å². The van der Waals surface area contributed by atoms with Crippen LogP contribution in [0.15, 0.2) is 0 Å². The van der Waals surface area contributed by atoms with Crippen LogP contribution >= 0.6 is 0 Å². The van der Waals surface area contributed by atoms with Crippen molar-refractivity contribution in [3.8, 4) is 24.3 Å². The molecule has 6 heteroatoms. The topological polar surface area (TPSA) is 129 Å². The molecule has 0 atom stereocenters. The van der Waals surface area contributed by atoms with E-state index in [0.29, 0.717) is 0 Å². The first-order chi connectivity index (χ1) is 11.4. The van der Waals surface area contributed by atoms with E-state index in [-0.39, 0.29) is 62.9 Å². The van der Waals surface area contributed by atoms with Crippen molar-refractivity contribution in [1.82, 2.24) is 0 Å². The smallest absolute Gasteiger partial charge is 0.137 e. The van der Waals surface area contributed by atoms with Gasteiger partial charge in [0, 0.05) is 36.5 Å². The molecule has 0 saturated carbocycles. The van der Waals surface area contributed by atoms with Crippen LogP contribution in [-0.2, 0) is 9.59 Å². The lowest BCUT2D eigenvalue weighted by Crippen LogP contribution is -2.51. The highest BCUT2D eigenvalue weighted by molar-refractivity contribution is 5.93. The summed E-state index contributed by atoms with van der Waals surface area (Å²) in [6, 6.07) is 8.00. The van der Waals surface area contributed by atoms with Crippen molar-refractivity contribution >= 4 is 11.6 Å². The number of Topliss-reactive ketones (excluding diaryl/α,β-unsaturated/α-hetero) is 2. The predicted octanol–water partition coefficient (Wildman–Crippen LogP) is 3.35. The lowest BCUT2D eigenvalue weighted by molar-refractivity contribution is -0.150. The van der Waals surface area contributed by atoms with Gasteiger partial charge in [-0.2, -0.15) is 21.0 Å². The Morgan fingerprint density at radius 3 is 0.958 bits per heavy atom. The number of rotatable bonds is 11. The van der Waals surface area contributed by atoms with Crippen LogP contribution in [0.4, 0.5) is 0 Å². The number of hydrogen-bond donors (Lipinski definition) is 0. The maximum Gasteiger partial charge on any atom is 0.137 e. The molecule has 0 amide bonds. The van der Waals surface area contributed by atoms with Gasteiger partial charge in [0.1, 0.15) is 11.6 Å². The maximum atomic E-state index is 12.6. The molecule has 0 aliphatic carbocycles. The summed E-state index contributed by atoms with van der Waals surface area (Å²) in [5.41, 5.74) is -2.39. The van der Waals surface area contributed by atoms with Gasteiger partial charge in [-0.25, -0.2) is 0 Å². The first-order valence-electron chi connectivity index (χ1n) is 7.88. The summed E-state index contributed by atoms with van der Waals surface area (Å²) < 4.78 is 0. The van der Waals surface area contributed by atoms with E-state index in [2.05, 4.69) is 0 Å². The molecule has 0 saturated heterocycles. The first kappa shape index (κ1) is 21.3. The normalized spacial score (nSPS) is 10.8. The second-order valence-electron chi connectivity index (χ2n) is 5.91. The van der Waals surface area contributed by atoms with E-state index in [4.69, 9.17) is 21.0 Å². The Morgan fingerprint density at radius 1 is 0.625 bits per heavy atom. The summed E-state index contributed by atoms with van der Waals surface area (Å²) in [6.07, 6.45) is 0.873. The largest absolute Gasteiger partial charge is 0.299 e. The fourth-order valence-corrected chi connectivity index (χ4v) is 3.66. The van der Waals surface area contributed by atoms with E-state index in [1.165, 1.54) is 13.8 Å². The van der Waals surface area contributed by atoms with Crippen molar-refractivity contribution in [3.05, 3.63) is 0 Å². The summed E-state index contributed by atoms with van der Waals surface area (Å²) in [6.45, 7) is 2.73. The van der Waals surface area contributed by atoms with Gasteiger partial charge in [-0.15, -0.1) is 0 Å². The highest BCUT2D eigenvalue weighted by Crippen LogP contribution is 2.53. The summed E-state index contributed by atoms with van der Waals surface area (Å²) in [5, 5.41) is 35.9. The highest BCUT2D eigenvalue weighted by atomic mass is 16.1. The number of carbonyl (C=O) groups is 2. The Balaban J connectivity index is 6.38. The Hall–Kier alpha value is -2.70. The van der Waals surface area contributed by atoms with E-state index in [9.17, 15) is 9.59 Å². The minimum Gasteiger partial charge on any atom is -0.299 e. The Kier molecular flexibility index (Phi) is 9.00. The minimum atomic E-state index is -1.20. The van der Waals surface area contributed by atoms with Crippen LogP contribution in [0.25, 0.3) is 0 Å². The van der Waals surface area contributed by atoms with Gasteiger partial charge in [-0.3, -0.25) is 9.59 Å². The number of ketones is 2. The fraction of sp³-hybridized carbons (Fsp3) is 0.667. The van der Waals surface area contributed by atoms with E-state index in [1.807, 2.05) is 24.3 Å². The molecular weight excluding hydrogens is 304 g/mol. The second-order valence-corrected chi connectivity index (χ2v) is 5.91. The van der Waals surface area contributed by atoms with Gasteiger partial charge in [0.25, 0.3) is 0 Å². The zero-order valence-electron chi connectivity index (χ0n) is 14.3. The summed E-state index contributed by atoms with van der Waals surface area (Å²) in [4.78, 5) is 25.2. The molecule has 126 valence electrons. The van der Waals surface area contributed by atoms with Gasteiger partial charge in [0.05, 0.1) is 24.3 Å². The maximum absolute atomic E-state index is 12.6. The predicted molar refractivity (Wildman–Crippen MR) is 85.6 cm³/mol. The van der Waals surface area contributed by atoms with Crippen molar-refractivity contribution in [2.45, 2.75) is 65.2 Å². The van der Waals surface area contributed by atoms with Crippen LogP contribution in [0.5, 0.6) is 0 Å². The van der Waals surface area contributed by atoms with Crippen LogP contribution in [0.1, 0.15) is 65.2 Å². The molecule has 0 aromatic heterocycles. The zero-order chi connectivity index (χ0) is 18.6. The van der Waals surface area contributed by atoms with E-state index in [1.54, 1.807) is 0 Å². The molecule has 0 fully saturated rings. The van der Waals surface area contributed by atoms with Crippen molar-refractivity contribution < 1.29 is 9.59 Å². The number of carbonyl (C=O) groups excluding carboxylic acids is 2. The monoisotopic (exact) mass is 326 g/mol. The van der Waals surface area contributed by atoms with Gasteiger partial charge in [-0.1, -0.05) is 0 Å². The van der Waals surface area contributed by atoms with Crippen LogP contribution < -0.4 is 0 Å². The van der Waals surface area contributed by atoms with Gasteiger partial charge < -0.3 is 0 Å². The van der Waals surface area contributed by atoms with Crippen molar-refractivity contribution in [3.63, 3.8) is 0 Å². The summed E-state index contributed by atoms with van der Waals surface area (Å²) in [7, 11) is 0. The average Bonchev–Trinajstić information content (AvgIpc) is 2.55. The Bertz CT molecular complexity index is 533. The molecule has 6 nitrogen and oxygen atoms in total. The van der Waals surface area contributed by atoms with Crippen molar-refractivity contribution in [2.24, 2.45) is 10.8 Å². The zero-order valence-corrected chi connectivity index (χ0v) is 14.3. The highest BCUT2D eigenvalue weighted by Gasteiger charge is 2.55. The number of nitriles is 4. The fourth-order valence-electron chi connectivity index (χ4n) is 3.66. The van der Waals surface area contributed by atoms with E-state index >= 15 is 0 Å². The molecule has 0 aliphatic rings. The lowest BCUT2D eigenvalue weighted by atomic mass is 9.52. The minimum absolute atomic E-state index is 0.0686. The van der Waals surface area contributed by atoms with Gasteiger partial charge in [-0.05, 0) is 39.5 Å². The molecule has 0 N–H and O–H groups in total. The van der Waals surface area contributed by atoms with Gasteiger partial charge in [0.2, 0.25) is 0 Å². The number of nitrogens with zero attached hydrogens (tertiary/aromatic N) is 4. The van der Waals surface area contributed by atoms with Crippen LogP contribution in [0, 0.1) is 56.2 Å². The van der Waals surface area contributed by atoms with Crippen LogP contribution in [0.2, 0.25) is 0 Å². The quantitative estimate of drug-likeness (QED) is 0.572. The molecule has 0 rings (SSSR count). The Morgan fingerprint density at radius 2 is 0.833 bits per heavy atom. The van der Waals surface area contributed by atoms with Crippen molar-refractivity contribution in [1.29, 1.82) is 21.0 Å². The molecule has 0 bridgehead atoms. The lowest BCUT2D eigenvalue weighted by Gasteiger charge is -2.47. The molecule has 0 aromatic rings. The molecule has 0 aromatic carbocycles. The average molecular weight is 326 g/mol. The summed E-state index contributed by atoms with van der Waals surface area (Å²) >= 11 is 0. The second kappa shape index (κ2) is 10.1. The first-order valence-corrected chi connectivity index (χ1v) is 7.88. The molecule has 24 heavy (non-hydrogen) atoms. The van der Waals surface area contributed by atoms with Crippen LogP contribution in [0.3, 0.4) is 0 Å². The Labute approximate surface area is 143 Å². The van der Waals surface area contributed by atoms with Gasteiger partial charge in [0.15, 0.2) is 0 Å².